The molecular weight excluding hydrogens is 452 g/mol. The Hall–Kier alpha value is -1.59. The number of hydrogen-bond acceptors (Lipinski definition) is 5. The number of ether oxygens (including phenoxy) is 2. The zero-order chi connectivity index (χ0) is 23.2. The van der Waals surface area contributed by atoms with Crippen LogP contribution in [0.3, 0.4) is 0 Å². The first-order valence-corrected chi connectivity index (χ1v) is 14.4. The highest BCUT2D eigenvalue weighted by Crippen LogP contribution is 2.68. The number of aliphatic imine (C=N–C) groups is 1. The number of thioether (sulfide) groups is 1. The van der Waals surface area contributed by atoms with Crippen molar-refractivity contribution in [1.29, 1.82) is 0 Å². The summed E-state index contributed by atoms with van der Waals surface area (Å²) in [6.45, 7) is 8.07. The maximum Gasteiger partial charge on any atom is 0.407 e. The highest BCUT2D eigenvalue weighted by atomic mass is 32.2. The Balaban J connectivity index is 2.02. The fraction of sp³-hybridized carbons (Fsp3) is 0.600. The minimum atomic E-state index is -2.75. The van der Waals surface area contributed by atoms with Gasteiger partial charge in [0.05, 0.1) is 10.3 Å². The highest BCUT2D eigenvalue weighted by Gasteiger charge is 2.71. The quantitative estimate of drug-likeness (QED) is 0.320. The van der Waals surface area contributed by atoms with Crippen molar-refractivity contribution < 1.29 is 31.8 Å². The van der Waals surface area contributed by atoms with Crippen molar-refractivity contribution in [2.75, 3.05) is 6.61 Å². The standard InChI is InChI=1S/C20H26F4N2O3SSi/c1-19(11-6-5-7-12(21)14(11)22)13-10-20(13,17(23)24)30-15(26-19)16(29-18(25)27)28-8-9-31(2,3)4/h5-7,13,16-17H,8-10H2,1-4H3,(H2,25,27)/t13-,16?,19+,20-/m0/s1. The van der Waals surface area contributed by atoms with Crippen molar-refractivity contribution in [2.24, 2.45) is 16.6 Å². The summed E-state index contributed by atoms with van der Waals surface area (Å²) in [5, 5.41) is -0.0328. The highest BCUT2D eigenvalue weighted by molar-refractivity contribution is 8.15. The van der Waals surface area contributed by atoms with Gasteiger partial charge >= 0.3 is 6.09 Å². The largest absolute Gasteiger partial charge is 0.413 e. The van der Waals surface area contributed by atoms with Gasteiger partial charge in [-0.2, -0.15) is 0 Å². The fourth-order valence-corrected chi connectivity index (χ4v) is 6.11. The molecule has 0 radical (unpaired) electrons. The minimum absolute atomic E-state index is 0.0328. The van der Waals surface area contributed by atoms with Crippen molar-refractivity contribution in [1.82, 2.24) is 0 Å². The topological polar surface area (TPSA) is 73.9 Å². The molecule has 3 rings (SSSR count). The van der Waals surface area contributed by atoms with E-state index in [2.05, 4.69) is 24.6 Å². The van der Waals surface area contributed by atoms with Crippen molar-refractivity contribution in [3.63, 3.8) is 0 Å². The Morgan fingerprint density at radius 2 is 2.03 bits per heavy atom. The monoisotopic (exact) mass is 478 g/mol. The van der Waals surface area contributed by atoms with Crippen LogP contribution in [0.15, 0.2) is 23.2 Å². The van der Waals surface area contributed by atoms with Crippen LogP contribution in [0.5, 0.6) is 0 Å². The van der Waals surface area contributed by atoms with Gasteiger partial charge in [-0.3, -0.25) is 4.99 Å². The predicted octanol–water partition coefficient (Wildman–Crippen LogP) is 5.13. The van der Waals surface area contributed by atoms with E-state index in [-0.39, 0.29) is 23.6 Å². The average Bonchev–Trinajstić information content (AvgIpc) is 3.39. The van der Waals surface area contributed by atoms with Crippen LogP contribution < -0.4 is 5.73 Å². The van der Waals surface area contributed by atoms with Gasteiger partial charge in [-0.25, -0.2) is 22.4 Å². The molecule has 4 atom stereocenters. The van der Waals surface area contributed by atoms with E-state index in [9.17, 15) is 22.4 Å². The Bertz CT molecular complexity index is 898. The van der Waals surface area contributed by atoms with Gasteiger partial charge in [-0.15, -0.1) is 0 Å². The van der Waals surface area contributed by atoms with Crippen molar-refractivity contribution in [3.8, 4) is 0 Å². The molecule has 2 aliphatic rings. The molecule has 1 aliphatic carbocycles. The van der Waals surface area contributed by atoms with E-state index in [4.69, 9.17) is 15.2 Å². The lowest BCUT2D eigenvalue weighted by Crippen LogP contribution is -2.42. The maximum atomic E-state index is 14.7. The average molecular weight is 479 g/mol. The van der Waals surface area contributed by atoms with Crippen molar-refractivity contribution >= 4 is 31.0 Å². The molecule has 1 saturated carbocycles. The maximum absolute atomic E-state index is 14.7. The number of hydrogen-bond donors (Lipinski definition) is 1. The van der Waals surface area contributed by atoms with Gasteiger partial charge in [0, 0.05) is 26.2 Å². The molecule has 1 aromatic carbocycles. The molecule has 0 spiro atoms. The molecule has 1 aliphatic heterocycles. The van der Waals surface area contributed by atoms with Crippen molar-refractivity contribution in [2.45, 2.75) is 62.0 Å². The Labute approximate surface area is 183 Å². The number of carbonyl (C=O) groups is 1. The Kier molecular flexibility index (Phi) is 6.52. The zero-order valence-corrected chi connectivity index (χ0v) is 19.6. The van der Waals surface area contributed by atoms with E-state index in [1.54, 1.807) is 0 Å². The number of fused-ring (bicyclic) bond motifs is 1. The molecule has 1 amide bonds. The molecule has 0 bridgehead atoms. The van der Waals surface area contributed by atoms with Gasteiger partial charge in [0.25, 0.3) is 12.7 Å². The number of carbonyl (C=O) groups excluding carboxylic acids is 1. The summed E-state index contributed by atoms with van der Waals surface area (Å²) in [5.74, 6) is -2.95. The number of alkyl halides is 2. The number of rotatable bonds is 8. The smallest absolute Gasteiger partial charge is 0.407 e. The van der Waals surface area contributed by atoms with E-state index in [0.717, 1.165) is 23.9 Å². The van der Waals surface area contributed by atoms with Gasteiger partial charge in [0.2, 0.25) is 0 Å². The lowest BCUT2D eigenvalue weighted by molar-refractivity contribution is -0.0497. The first-order chi connectivity index (χ1) is 14.3. The normalized spacial score (nSPS) is 28.7. The minimum Gasteiger partial charge on any atom is -0.413 e. The summed E-state index contributed by atoms with van der Waals surface area (Å²) >= 11 is 0.768. The first-order valence-electron chi connectivity index (χ1n) is 9.89. The van der Waals surface area contributed by atoms with E-state index >= 15 is 0 Å². The van der Waals surface area contributed by atoms with Crippen LogP contribution in [0.2, 0.25) is 25.7 Å². The lowest BCUT2D eigenvalue weighted by Gasteiger charge is -2.36. The van der Waals surface area contributed by atoms with E-state index in [1.807, 2.05) is 0 Å². The summed E-state index contributed by atoms with van der Waals surface area (Å²) in [6.07, 6.45) is -5.25. The van der Waals surface area contributed by atoms with Gasteiger partial charge < -0.3 is 15.2 Å². The van der Waals surface area contributed by atoms with Crippen LogP contribution in [0.4, 0.5) is 22.4 Å². The Morgan fingerprint density at radius 1 is 1.35 bits per heavy atom. The molecule has 31 heavy (non-hydrogen) atoms. The second kappa shape index (κ2) is 8.40. The molecule has 1 unspecified atom stereocenters. The summed E-state index contributed by atoms with van der Waals surface area (Å²) in [4.78, 5) is 16.0. The number of primary amides is 1. The van der Waals surface area contributed by atoms with Gasteiger partial charge in [0.1, 0.15) is 5.04 Å². The summed E-state index contributed by atoms with van der Waals surface area (Å²) < 4.78 is 65.9. The third kappa shape index (κ3) is 4.78. The molecule has 11 heteroatoms. The number of amides is 1. The van der Waals surface area contributed by atoms with E-state index in [0.29, 0.717) is 0 Å². The van der Waals surface area contributed by atoms with Crippen LogP contribution in [0.25, 0.3) is 0 Å². The van der Waals surface area contributed by atoms with E-state index in [1.165, 1.54) is 19.1 Å². The molecule has 0 saturated heterocycles. The van der Waals surface area contributed by atoms with Crippen LogP contribution in [0, 0.1) is 17.6 Å². The SMILES string of the molecule is C[C@]1(c2cccc(F)c2F)N=C(C(OCC[Si](C)(C)C)OC(N)=O)S[C@@]2(C(F)F)C[C@@H]12. The third-order valence-electron chi connectivity index (χ3n) is 5.68. The summed E-state index contributed by atoms with van der Waals surface area (Å²) in [5.41, 5.74) is 3.55. The second-order valence-electron chi connectivity index (χ2n) is 9.26. The molecule has 172 valence electrons. The molecule has 0 aromatic heterocycles. The van der Waals surface area contributed by atoms with Crippen LogP contribution in [0.1, 0.15) is 18.9 Å². The molecule has 1 heterocycles. The van der Waals surface area contributed by atoms with Crippen LogP contribution in [-0.2, 0) is 15.0 Å². The van der Waals surface area contributed by atoms with Crippen molar-refractivity contribution in [3.05, 3.63) is 35.4 Å². The fourth-order valence-electron chi connectivity index (χ4n) is 3.83. The number of benzene rings is 1. The second-order valence-corrected chi connectivity index (χ2v) is 16.3. The summed E-state index contributed by atoms with van der Waals surface area (Å²) in [7, 11) is -1.50. The van der Waals surface area contributed by atoms with E-state index < -0.39 is 54.7 Å². The third-order valence-corrected chi connectivity index (χ3v) is 8.89. The Morgan fingerprint density at radius 3 is 2.61 bits per heavy atom. The van der Waals surface area contributed by atoms with Gasteiger partial charge in [-0.05, 0) is 25.5 Å². The zero-order valence-electron chi connectivity index (χ0n) is 17.8. The number of halogens is 4. The predicted molar refractivity (Wildman–Crippen MR) is 114 cm³/mol. The summed E-state index contributed by atoms with van der Waals surface area (Å²) in [6, 6.07) is 4.32. The van der Waals surface area contributed by atoms with Gasteiger partial charge in [0.15, 0.2) is 11.6 Å². The van der Waals surface area contributed by atoms with Crippen LogP contribution in [-0.4, -0.2) is 43.3 Å². The molecule has 5 nitrogen and oxygen atoms in total. The number of nitrogens with zero attached hydrogens (tertiary/aromatic N) is 1. The molecular formula is C20H26F4N2O3SSi. The van der Waals surface area contributed by atoms with Gasteiger partial charge in [-0.1, -0.05) is 43.5 Å². The van der Waals surface area contributed by atoms with Crippen LogP contribution >= 0.6 is 11.8 Å². The molecule has 1 aromatic rings. The first kappa shape index (κ1) is 24.1. The lowest BCUT2D eigenvalue weighted by atomic mass is 9.85. The molecule has 2 N–H and O–H groups in total. The molecule has 1 fully saturated rings. The number of nitrogens with two attached hydrogens (primary N) is 1.